The number of hydrogen-bond donors (Lipinski definition) is 1. The smallest absolute Gasteiger partial charge is 0.253 e. The number of aromatic nitrogens is 1. The van der Waals surface area contributed by atoms with Crippen LogP contribution in [0.4, 0.5) is 0 Å². The Morgan fingerprint density at radius 2 is 2.17 bits per heavy atom. The average Bonchev–Trinajstić information content (AvgIpc) is 1.97. The van der Waals surface area contributed by atoms with Crippen LogP contribution in [0.5, 0.6) is 5.88 Å². The van der Waals surface area contributed by atoms with Crippen LogP contribution in [0.2, 0.25) is 0 Å². The number of pyridine rings is 1. The van der Waals surface area contributed by atoms with Crippen LogP contribution in [0.25, 0.3) is 0 Å². The Labute approximate surface area is 71.3 Å². The topological polar surface area (TPSA) is 42.2 Å². The van der Waals surface area contributed by atoms with E-state index in [2.05, 4.69) is 0 Å². The Bertz CT molecular complexity index is 315. The summed E-state index contributed by atoms with van der Waals surface area (Å²) in [5, 5.41) is 9.30. The normalized spacial score (nSPS) is 10.6. The number of nitrogens with zero attached hydrogens (tertiary/aromatic N) is 1. The minimum absolute atomic E-state index is 0.0381. The summed E-state index contributed by atoms with van der Waals surface area (Å²) in [5.41, 5.74) is -0.149. The minimum atomic E-state index is -0.149. The standard InChI is InChI=1S/C9H13NO2/c1-7(2)6-10-8(11)4-3-5-9(10)12/h3-5,7,11H,6H2,1-2H3. The molecule has 0 atom stereocenters. The summed E-state index contributed by atoms with van der Waals surface area (Å²) in [4.78, 5) is 11.2. The Morgan fingerprint density at radius 3 is 2.67 bits per heavy atom. The molecule has 3 heteroatoms. The van der Waals surface area contributed by atoms with Gasteiger partial charge in [0.1, 0.15) is 0 Å². The van der Waals surface area contributed by atoms with Gasteiger partial charge in [-0.1, -0.05) is 19.9 Å². The van der Waals surface area contributed by atoms with E-state index < -0.39 is 0 Å². The molecule has 12 heavy (non-hydrogen) atoms. The van der Waals surface area contributed by atoms with E-state index >= 15 is 0 Å². The van der Waals surface area contributed by atoms with Crippen molar-refractivity contribution in [3.8, 4) is 5.88 Å². The van der Waals surface area contributed by atoms with Crippen LogP contribution in [0.3, 0.4) is 0 Å². The third-order valence-electron chi connectivity index (χ3n) is 1.57. The zero-order chi connectivity index (χ0) is 9.14. The molecular weight excluding hydrogens is 154 g/mol. The van der Waals surface area contributed by atoms with Crippen LogP contribution in [0, 0.1) is 5.92 Å². The van der Waals surface area contributed by atoms with Gasteiger partial charge in [0.15, 0.2) is 5.88 Å². The molecule has 0 saturated carbocycles. The summed E-state index contributed by atoms with van der Waals surface area (Å²) in [7, 11) is 0. The van der Waals surface area contributed by atoms with E-state index in [0.717, 1.165) is 0 Å². The van der Waals surface area contributed by atoms with Crippen molar-refractivity contribution < 1.29 is 5.11 Å². The number of rotatable bonds is 2. The molecule has 0 aliphatic rings. The molecule has 0 aromatic carbocycles. The van der Waals surface area contributed by atoms with Crippen LogP contribution in [-0.2, 0) is 6.54 Å². The highest BCUT2D eigenvalue weighted by Crippen LogP contribution is 2.06. The van der Waals surface area contributed by atoms with Gasteiger partial charge in [-0.25, -0.2) is 0 Å². The van der Waals surface area contributed by atoms with Crippen molar-refractivity contribution in [2.24, 2.45) is 5.92 Å². The van der Waals surface area contributed by atoms with E-state index in [-0.39, 0.29) is 11.4 Å². The van der Waals surface area contributed by atoms with Crippen LogP contribution >= 0.6 is 0 Å². The first-order valence-corrected chi connectivity index (χ1v) is 4.00. The highest BCUT2D eigenvalue weighted by Gasteiger charge is 2.02. The quantitative estimate of drug-likeness (QED) is 0.719. The van der Waals surface area contributed by atoms with Crippen molar-refractivity contribution in [1.82, 2.24) is 4.57 Å². The van der Waals surface area contributed by atoms with E-state index in [1.54, 1.807) is 6.07 Å². The van der Waals surface area contributed by atoms with Crippen LogP contribution in [-0.4, -0.2) is 9.67 Å². The molecule has 0 fully saturated rings. The van der Waals surface area contributed by atoms with E-state index in [4.69, 9.17) is 0 Å². The van der Waals surface area contributed by atoms with Crippen LogP contribution < -0.4 is 5.56 Å². The Hall–Kier alpha value is -1.25. The second kappa shape index (κ2) is 3.43. The van der Waals surface area contributed by atoms with Gasteiger partial charge in [0.2, 0.25) is 0 Å². The van der Waals surface area contributed by atoms with Gasteiger partial charge in [-0.15, -0.1) is 0 Å². The van der Waals surface area contributed by atoms with E-state index in [1.165, 1.54) is 16.7 Å². The lowest BCUT2D eigenvalue weighted by molar-refractivity contribution is 0.382. The fourth-order valence-electron chi connectivity index (χ4n) is 1.06. The lowest BCUT2D eigenvalue weighted by Crippen LogP contribution is -2.20. The first kappa shape index (κ1) is 8.84. The summed E-state index contributed by atoms with van der Waals surface area (Å²) in [5.74, 6) is 0.396. The van der Waals surface area contributed by atoms with Crippen molar-refractivity contribution >= 4 is 0 Å². The molecule has 1 aromatic heterocycles. The molecule has 1 rings (SSSR count). The second-order valence-corrected chi connectivity index (χ2v) is 3.23. The molecule has 1 N–H and O–H groups in total. The molecule has 0 bridgehead atoms. The molecule has 0 radical (unpaired) electrons. The molecular formula is C9H13NO2. The van der Waals surface area contributed by atoms with Gasteiger partial charge < -0.3 is 5.11 Å². The SMILES string of the molecule is CC(C)Cn1c(O)cccc1=O. The lowest BCUT2D eigenvalue weighted by atomic mass is 10.2. The predicted octanol–water partition coefficient (Wildman–Crippen LogP) is 1.21. The van der Waals surface area contributed by atoms with E-state index in [1.807, 2.05) is 13.8 Å². The summed E-state index contributed by atoms with van der Waals surface area (Å²) in [6.45, 7) is 4.56. The summed E-state index contributed by atoms with van der Waals surface area (Å²) in [6, 6.07) is 4.51. The molecule has 1 heterocycles. The van der Waals surface area contributed by atoms with Gasteiger partial charge in [0.25, 0.3) is 5.56 Å². The first-order valence-electron chi connectivity index (χ1n) is 4.00. The number of aromatic hydroxyl groups is 1. The molecule has 0 amide bonds. The molecule has 0 spiro atoms. The fourth-order valence-corrected chi connectivity index (χ4v) is 1.06. The van der Waals surface area contributed by atoms with Gasteiger partial charge in [-0.3, -0.25) is 9.36 Å². The van der Waals surface area contributed by atoms with Gasteiger partial charge in [0.05, 0.1) is 0 Å². The number of hydrogen-bond acceptors (Lipinski definition) is 2. The molecule has 3 nitrogen and oxygen atoms in total. The zero-order valence-electron chi connectivity index (χ0n) is 7.32. The van der Waals surface area contributed by atoms with Crippen molar-refractivity contribution in [1.29, 1.82) is 0 Å². The van der Waals surface area contributed by atoms with Crippen molar-refractivity contribution in [3.05, 3.63) is 28.6 Å². The Morgan fingerprint density at radius 1 is 1.50 bits per heavy atom. The van der Waals surface area contributed by atoms with E-state index in [9.17, 15) is 9.90 Å². The molecule has 66 valence electrons. The zero-order valence-corrected chi connectivity index (χ0v) is 7.32. The van der Waals surface area contributed by atoms with Gasteiger partial charge in [-0.05, 0) is 12.0 Å². The third kappa shape index (κ3) is 1.87. The third-order valence-corrected chi connectivity index (χ3v) is 1.57. The summed E-state index contributed by atoms with van der Waals surface area (Å²) >= 11 is 0. The van der Waals surface area contributed by atoms with Gasteiger partial charge >= 0.3 is 0 Å². The second-order valence-electron chi connectivity index (χ2n) is 3.23. The molecule has 0 saturated heterocycles. The largest absolute Gasteiger partial charge is 0.494 e. The summed E-state index contributed by atoms with van der Waals surface area (Å²) in [6.07, 6.45) is 0. The Balaban J connectivity index is 3.05. The van der Waals surface area contributed by atoms with Crippen molar-refractivity contribution in [3.63, 3.8) is 0 Å². The molecule has 0 aliphatic heterocycles. The fraction of sp³-hybridized carbons (Fsp3) is 0.444. The van der Waals surface area contributed by atoms with Gasteiger partial charge in [0, 0.05) is 12.6 Å². The van der Waals surface area contributed by atoms with Crippen LogP contribution in [0.1, 0.15) is 13.8 Å². The van der Waals surface area contributed by atoms with E-state index in [0.29, 0.717) is 12.5 Å². The maximum absolute atomic E-state index is 11.2. The average molecular weight is 167 g/mol. The minimum Gasteiger partial charge on any atom is -0.494 e. The Kier molecular flexibility index (Phi) is 2.53. The maximum atomic E-state index is 11.2. The molecule has 0 unspecified atom stereocenters. The first-order chi connectivity index (χ1) is 5.61. The highest BCUT2D eigenvalue weighted by atomic mass is 16.3. The van der Waals surface area contributed by atoms with Crippen molar-refractivity contribution in [2.75, 3.05) is 0 Å². The lowest BCUT2D eigenvalue weighted by Gasteiger charge is -2.09. The summed E-state index contributed by atoms with van der Waals surface area (Å²) < 4.78 is 1.37. The predicted molar refractivity (Wildman–Crippen MR) is 47.2 cm³/mol. The van der Waals surface area contributed by atoms with Gasteiger partial charge in [-0.2, -0.15) is 0 Å². The highest BCUT2D eigenvalue weighted by molar-refractivity contribution is 5.10. The molecule has 0 aliphatic carbocycles. The maximum Gasteiger partial charge on any atom is 0.253 e. The van der Waals surface area contributed by atoms with Crippen molar-refractivity contribution in [2.45, 2.75) is 20.4 Å². The molecule has 1 aromatic rings. The van der Waals surface area contributed by atoms with Crippen LogP contribution in [0.15, 0.2) is 23.0 Å². The monoisotopic (exact) mass is 167 g/mol.